The molecule has 0 bridgehead atoms. The number of amides is 1. The second-order valence-corrected chi connectivity index (χ2v) is 6.39. The van der Waals surface area contributed by atoms with Crippen molar-refractivity contribution in [3.8, 4) is 5.75 Å². The Balaban J connectivity index is 1.69. The first kappa shape index (κ1) is 16.3. The highest BCUT2D eigenvalue weighted by atomic mass is 16.5. The molecule has 0 aliphatic carbocycles. The number of aliphatic hydroxyl groups is 1. The number of methoxy groups -OCH3 is 1. The van der Waals surface area contributed by atoms with Gasteiger partial charge in [0.05, 0.1) is 13.5 Å². The highest BCUT2D eigenvalue weighted by molar-refractivity contribution is 6.10. The SMILES string of the molecule is COc1ccc2c(c1)[C@@](O)(CC(=O)c1ccc3ccccc3c1)C(=O)N2. The number of anilines is 1. The van der Waals surface area contributed by atoms with Crippen molar-refractivity contribution in [1.29, 1.82) is 0 Å². The van der Waals surface area contributed by atoms with E-state index >= 15 is 0 Å². The molecule has 3 aromatic rings. The molecule has 0 saturated heterocycles. The fraction of sp³-hybridized carbons (Fsp3) is 0.143. The zero-order chi connectivity index (χ0) is 18.3. The number of ketones is 1. The maximum absolute atomic E-state index is 12.8. The first-order valence-corrected chi connectivity index (χ1v) is 8.25. The lowest BCUT2D eigenvalue weighted by molar-refractivity contribution is -0.133. The molecule has 26 heavy (non-hydrogen) atoms. The second kappa shape index (κ2) is 5.97. The monoisotopic (exact) mass is 347 g/mol. The van der Waals surface area contributed by atoms with Crippen LogP contribution in [0.3, 0.4) is 0 Å². The molecule has 5 heteroatoms. The van der Waals surface area contributed by atoms with Gasteiger partial charge in [0.1, 0.15) is 5.75 Å². The molecule has 5 nitrogen and oxygen atoms in total. The minimum absolute atomic E-state index is 0.302. The van der Waals surface area contributed by atoms with E-state index in [1.165, 1.54) is 7.11 Å². The number of hydrogen-bond acceptors (Lipinski definition) is 4. The Morgan fingerprint density at radius 3 is 2.62 bits per heavy atom. The molecule has 0 saturated carbocycles. The first-order chi connectivity index (χ1) is 12.5. The van der Waals surface area contributed by atoms with Gasteiger partial charge in [-0.15, -0.1) is 0 Å². The van der Waals surface area contributed by atoms with Crippen molar-refractivity contribution in [2.75, 3.05) is 12.4 Å². The number of hydrogen-bond donors (Lipinski definition) is 2. The summed E-state index contributed by atoms with van der Waals surface area (Å²) in [5.74, 6) is -0.393. The summed E-state index contributed by atoms with van der Waals surface area (Å²) in [7, 11) is 1.51. The molecule has 0 aromatic heterocycles. The second-order valence-electron chi connectivity index (χ2n) is 6.39. The standard InChI is InChI=1S/C21H17NO4/c1-26-16-8-9-18-17(11-16)21(25,20(24)22-18)12-19(23)15-7-6-13-4-2-3-5-14(13)10-15/h2-11,25H,12H2,1H3,(H,22,24)/t21-/m0/s1. The number of ether oxygens (including phenoxy) is 1. The Kier molecular flexibility index (Phi) is 3.74. The summed E-state index contributed by atoms with van der Waals surface area (Å²) >= 11 is 0. The number of nitrogens with one attached hydrogen (secondary N) is 1. The molecule has 0 unspecified atom stereocenters. The smallest absolute Gasteiger partial charge is 0.261 e. The van der Waals surface area contributed by atoms with E-state index in [4.69, 9.17) is 4.74 Å². The lowest BCUT2D eigenvalue weighted by Gasteiger charge is -2.20. The van der Waals surface area contributed by atoms with Gasteiger partial charge in [-0.05, 0) is 35.0 Å². The third-order valence-electron chi connectivity index (χ3n) is 4.78. The van der Waals surface area contributed by atoms with Crippen molar-refractivity contribution in [2.24, 2.45) is 0 Å². The number of rotatable bonds is 4. The predicted molar refractivity (Wildman–Crippen MR) is 98.4 cm³/mol. The van der Waals surface area contributed by atoms with Crippen LogP contribution in [0.25, 0.3) is 10.8 Å². The van der Waals surface area contributed by atoms with Crippen molar-refractivity contribution in [3.63, 3.8) is 0 Å². The van der Waals surface area contributed by atoms with Gasteiger partial charge in [-0.25, -0.2) is 0 Å². The Morgan fingerprint density at radius 2 is 1.85 bits per heavy atom. The largest absolute Gasteiger partial charge is 0.497 e. The van der Waals surface area contributed by atoms with Crippen molar-refractivity contribution in [2.45, 2.75) is 12.0 Å². The van der Waals surface area contributed by atoms with E-state index in [-0.39, 0.29) is 12.2 Å². The van der Waals surface area contributed by atoms with Crippen LogP contribution in [-0.4, -0.2) is 23.9 Å². The molecule has 0 fully saturated rings. The molecule has 1 aliphatic heterocycles. The summed E-state index contributed by atoms with van der Waals surface area (Å²) < 4.78 is 5.17. The number of benzene rings is 3. The summed E-state index contributed by atoms with van der Waals surface area (Å²) in [6.45, 7) is 0. The van der Waals surface area contributed by atoms with Gasteiger partial charge in [0.2, 0.25) is 0 Å². The van der Waals surface area contributed by atoms with Crippen LogP contribution in [0.2, 0.25) is 0 Å². The molecule has 1 atom stereocenters. The van der Waals surface area contributed by atoms with E-state index in [1.54, 1.807) is 30.3 Å². The average molecular weight is 347 g/mol. The summed E-state index contributed by atoms with van der Waals surface area (Å²) in [6.07, 6.45) is -0.336. The highest BCUT2D eigenvalue weighted by Gasteiger charge is 2.47. The zero-order valence-electron chi connectivity index (χ0n) is 14.2. The van der Waals surface area contributed by atoms with Crippen LogP contribution in [0.1, 0.15) is 22.3 Å². The van der Waals surface area contributed by atoms with Crippen LogP contribution in [0.15, 0.2) is 60.7 Å². The maximum atomic E-state index is 12.8. The van der Waals surface area contributed by atoms with Crippen LogP contribution < -0.4 is 10.1 Å². The maximum Gasteiger partial charge on any atom is 0.261 e. The summed E-state index contributed by atoms with van der Waals surface area (Å²) in [4.78, 5) is 25.2. The van der Waals surface area contributed by atoms with Gasteiger partial charge in [-0.1, -0.05) is 36.4 Å². The van der Waals surface area contributed by atoms with Crippen molar-refractivity contribution < 1.29 is 19.4 Å². The van der Waals surface area contributed by atoms with Crippen LogP contribution in [0.5, 0.6) is 5.75 Å². The van der Waals surface area contributed by atoms with Gasteiger partial charge in [-0.2, -0.15) is 0 Å². The molecular formula is C21H17NO4. The van der Waals surface area contributed by atoms with E-state index in [1.807, 2.05) is 30.3 Å². The van der Waals surface area contributed by atoms with Crippen LogP contribution in [-0.2, 0) is 10.4 Å². The van der Waals surface area contributed by atoms with Crippen molar-refractivity contribution in [3.05, 3.63) is 71.8 Å². The number of carbonyl (C=O) groups excluding carboxylic acids is 2. The molecular weight excluding hydrogens is 330 g/mol. The van der Waals surface area contributed by atoms with Gasteiger partial charge in [0.25, 0.3) is 5.91 Å². The number of Topliss-reactive ketones (excluding diaryl/α,β-unsaturated/α-hetero) is 1. The van der Waals surface area contributed by atoms with Gasteiger partial charge in [-0.3, -0.25) is 9.59 Å². The first-order valence-electron chi connectivity index (χ1n) is 8.25. The fourth-order valence-electron chi connectivity index (χ4n) is 3.32. The average Bonchev–Trinajstić information content (AvgIpc) is 2.91. The molecule has 3 aromatic carbocycles. The molecule has 1 aliphatic rings. The van der Waals surface area contributed by atoms with Crippen LogP contribution in [0, 0.1) is 0 Å². The number of fused-ring (bicyclic) bond motifs is 2. The minimum atomic E-state index is -1.91. The minimum Gasteiger partial charge on any atom is -0.497 e. The predicted octanol–water partition coefficient (Wildman–Crippen LogP) is 3.26. The van der Waals surface area contributed by atoms with E-state index in [9.17, 15) is 14.7 Å². The third kappa shape index (κ3) is 2.53. The molecule has 1 heterocycles. The Hall–Kier alpha value is -3.18. The third-order valence-corrected chi connectivity index (χ3v) is 4.78. The normalized spacial score (nSPS) is 18.5. The van der Waals surface area contributed by atoms with Crippen molar-refractivity contribution >= 4 is 28.2 Å². The van der Waals surface area contributed by atoms with Gasteiger partial charge >= 0.3 is 0 Å². The Labute approximate surface area is 150 Å². The fourth-order valence-corrected chi connectivity index (χ4v) is 3.32. The van der Waals surface area contributed by atoms with E-state index in [2.05, 4.69) is 5.32 Å². The van der Waals surface area contributed by atoms with E-state index in [0.717, 1.165) is 10.8 Å². The van der Waals surface area contributed by atoms with E-state index < -0.39 is 11.5 Å². The molecule has 130 valence electrons. The molecule has 0 spiro atoms. The molecule has 1 amide bonds. The topological polar surface area (TPSA) is 75.6 Å². The van der Waals surface area contributed by atoms with E-state index in [0.29, 0.717) is 22.6 Å². The van der Waals surface area contributed by atoms with Gasteiger partial charge < -0.3 is 15.2 Å². The van der Waals surface area contributed by atoms with Gasteiger partial charge in [0.15, 0.2) is 11.4 Å². The van der Waals surface area contributed by atoms with Gasteiger partial charge in [0, 0.05) is 16.8 Å². The molecule has 0 radical (unpaired) electrons. The number of carbonyl (C=O) groups is 2. The summed E-state index contributed by atoms with van der Waals surface area (Å²) in [5.41, 5.74) is -0.603. The molecule has 4 rings (SSSR count). The van der Waals surface area contributed by atoms with Crippen LogP contribution >= 0.6 is 0 Å². The quantitative estimate of drug-likeness (QED) is 0.710. The Bertz CT molecular complexity index is 1040. The lowest BCUT2D eigenvalue weighted by atomic mass is 9.87. The summed E-state index contributed by atoms with van der Waals surface area (Å²) in [5, 5.41) is 15.6. The van der Waals surface area contributed by atoms with Crippen LogP contribution in [0.4, 0.5) is 5.69 Å². The highest BCUT2D eigenvalue weighted by Crippen LogP contribution is 2.41. The van der Waals surface area contributed by atoms with Crippen molar-refractivity contribution in [1.82, 2.24) is 0 Å². The zero-order valence-corrected chi connectivity index (χ0v) is 14.2. The Morgan fingerprint density at radius 1 is 1.08 bits per heavy atom. The summed E-state index contributed by atoms with van der Waals surface area (Å²) in [6, 6.07) is 18.0. The molecule has 2 N–H and O–H groups in total. The lowest BCUT2D eigenvalue weighted by Crippen LogP contribution is -2.36.